The number of nitrogens with zero attached hydrogens (tertiary/aromatic N) is 4. The molecule has 0 saturated carbocycles. The lowest BCUT2D eigenvalue weighted by Crippen LogP contribution is -2.36. The van der Waals surface area contributed by atoms with Crippen molar-refractivity contribution in [2.45, 2.75) is 25.8 Å². The summed E-state index contributed by atoms with van der Waals surface area (Å²) >= 11 is 0. The van der Waals surface area contributed by atoms with E-state index >= 15 is 0 Å². The first-order chi connectivity index (χ1) is 12.2. The molecule has 0 bridgehead atoms. The SMILES string of the molecule is CN1C=C2C(=O)N(CCC3CCN(Cc4ccccc4)CC3)CN2C1. The lowest BCUT2D eigenvalue weighted by atomic mass is 9.93. The summed E-state index contributed by atoms with van der Waals surface area (Å²) in [7, 11) is 2.02. The Balaban J connectivity index is 1.21. The second-order valence-electron chi connectivity index (χ2n) is 7.66. The Kier molecular flexibility index (Phi) is 4.66. The highest BCUT2D eigenvalue weighted by Crippen LogP contribution is 2.27. The van der Waals surface area contributed by atoms with Gasteiger partial charge in [-0.25, -0.2) is 0 Å². The van der Waals surface area contributed by atoms with E-state index in [1.807, 2.05) is 18.1 Å². The van der Waals surface area contributed by atoms with E-state index in [4.69, 9.17) is 0 Å². The summed E-state index contributed by atoms with van der Waals surface area (Å²) < 4.78 is 0. The molecule has 0 radical (unpaired) electrons. The highest BCUT2D eigenvalue weighted by Gasteiger charge is 2.36. The van der Waals surface area contributed by atoms with E-state index in [1.54, 1.807) is 0 Å². The van der Waals surface area contributed by atoms with Crippen molar-refractivity contribution in [1.29, 1.82) is 0 Å². The standard InChI is InChI=1S/C20H28N4O/c1-21-14-19-20(25)23(16-24(19)15-21)12-9-17-7-10-22(11-8-17)13-18-5-3-2-4-6-18/h2-6,14,17H,7-13,15-16H2,1H3. The molecule has 3 aliphatic heterocycles. The molecule has 3 aliphatic rings. The highest BCUT2D eigenvalue weighted by atomic mass is 16.2. The Bertz CT molecular complexity index is 636. The number of benzene rings is 1. The van der Waals surface area contributed by atoms with Gasteiger partial charge < -0.3 is 14.7 Å². The third kappa shape index (κ3) is 3.66. The molecule has 0 N–H and O–H groups in total. The maximum absolute atomic E-state index is 12.4. The van der Waals surface area contributed by atoms with E-state index in [1.165, 1.54) is 31.5 Å². The third-order valence-corrected chi connectivity index (χ3v) is 5.69. The molecule has 0 unspecified atom stereocenters. The van der Waals surface area contributed by atoms with Crippen LogP contribution in [-0.4, -0.2) is 65.5 Å². The second-order valence-corrected chi connectivity index (χ2v) is 7.66. The van der Waals surface area contributed by atoms with Crippen molar-refractivity contribution in [2.24, 2.45) is 5.92 Å². The van der Waals surface area contributed by atoms with Crippen LogP contribution in [0.15, 0.2) is 42.2 Å². The topological polar surface area (TPSA) is 30.0 Å². The summed E-state index contributed by atoms with van der Waals surface area (Å²) in [5.41, 5.74) is 2.28. The van der Waals surface area contributed by atoms with Gasteiger partial charge in [0.25, 0.3) is 5.91 Å². The Morgan fingerprint density at radius 1 is 1.08 bits per heavy atom. The zero-order chi connectivity index (χ0) is 17.2. The van der Waals surface area contributed by atoms with Gasteiger partial charge in [-0.05, 0) is 43.8 Å². The van der Waals surface area contributed by atoms with Crippen molar-refractivity contribution >= 4 is 5.91 Å². The molecule has 1 aromatic rings. The van der Waals surface area contributed by atoms with Crippen molar-refractivity contribution in [3.63, 3.8) is 0 Å². The van der Waals surface area contributed by atoms with Gasteiger partial charge in [0.15, 0.2) is 0 Å². The van der Waals surface area contributed by atoms with Crippen LogP contribution in [0.2, 0.25) is 0 Å². The molecule has 4 rings (SSSR count). The molecule has 1 amide bonds. The molecule has 0 aromatic heterocycles. The highest BCUT2D eigenvalue weighted by molar-refractivity contribution is 5.95. The van der Waals surface area contributed by atoms with Gasteiger partial charge in [0, 0.05) is 26.3 Å². The number of carbonyl (C=O) groups excluding carboxylic acids is 1. The minimum atomic E-state index is 0.214. The third-order valence-electron chi connectivity index (χ3n) is 5.69. The maximum Gasteiger partial charge on any atom is 0.273 e. The van der Waals surface area contributed by atoms with Crippen LogP contribution < -0.4 is 0 Å². The molecule has 0 spiro atoms. The first-order valence-corrected chi connectivity index (χ1v) is 9.41. The summed E-state index contributed by atoms with van der Waals surface area (Å²) in [5, 5.41) is 0. The van der Waals surface area contributed by atoms with Crippen LogP contribution in [0, 0.1) is 5.92 Å². The zero-order valence-electron chi connectivity index (χ0n) is 15.1. The zero-order valence-corrected chi connectivity index (χ0v) is 15.1. The normalized spacial score (nSPS) is 21.9. The van der Waals surface area contributed by atoms with Crippen molar-refractivity contribution in [1.82, 2.24) is 19.6 Å². The summed E-state index contributed by atoms with van der Waals surface area (Å²) in [6.45, 7) is 5.93. The molecule has 5 nitrogen and oxygen atoms in total. The van der Waals surface area contributed by atoms with Crippen molar-refractivity contribution in [3.8, 4) is 0 Å². The molecule has 3 heterocycles. The largest absolute Gasteiger partial charge is 0.361 e. The molecular weight excluding hydrogens is 312 g/mol. The molecule has 0 aliphatic carbocycles. The van der Waals surface area contributed by atoms with Gasteiger partial charge in [-0.2, -0.15) is 0 Å². The summed E-state index contributed by atoms with van der Waals surface area (Å²) in [4.78, 5) is 21.3. The first kappa shape index (κ1) is 16.5. The van der Waals surface area contributed by atoms with Crippen molar-refractivity contribution in [3.05, 3.63) is 47.8 Å². The number of rotatable bonds is 5. The number of fused-ring (bicyclic) bond motifs is 1. The Morgan fingerprint density at radius 3 is 2.56 bits per heavy atom. The van der Waals surface area contributed by atoms with E-state index in [9.17, 15) is 4.79 Å². The molecule has 5 heteroatoms. The average Bonchev–Trinajstić information content (AvgIpc) is 3.13. The van der Waals surface area contributed by atoms with E-state index in [0.29, 0.717) is 0 Å². The van der Waals surface area contributed by atoms with E-state index in [-0.39, 0.29) is 5.91 Å². The van der Waals surface area contributed by atoms with Gasteiger partial charge in [-0.1, -0.05) is 30.3 Å². The number of carbonyl (C=O) groups is 1. The van der Waals surface area contributed by atoms with E-state index < -0.39 is 0 Å². The number of hydrogen-bond donors (Lipinski definition) is 0. The van der Waals surface area contributed by atoms with Gasteiger partial charge in [-0.15, -0.1) is 0 Å². The Morgan fingerprint density at radius 2 is 1.84 bits per heavy atom. The van der Waals surface area contributed by atoms with E-state index in [0.717, 1.165) is 44.5 Å². The van der Waals surface area contributed by atoms with Gasteiger partial charge >= 0.3 is 0 Å². The fraction of sp³-hybridized carbons (Fsp3) is 0.550. The Labute approximate surface area is 150 Å². The van der Waals surface area contributed by atoms with Gasteiger partial charge in [0.2, 0.25) is 0 Å². The summed E-state index contributed by atoms with van der Waals surface area (Å²) in [6, 6.07) is 10.7. The molecule has 25 heavy (non-hydrogen) atoms. The van der Waals surface area contributed by atoms with Crippen molar-refractivity contribution < 1.29 is 4.79 Å². The smallest absolute Gasteiger partial charge is 0.273 e. The van der Waals surface area contributed by atoms with Gasteiger partial charge in [-0.3, -0.25) is 9.69 Å². The number of amides is 1. The quantitative estimate of drug-likeness (QED) is 0.821. The molecule has 1 aromatic carbocycles. The molecular formula is C20H28N4O. The number of piperidine rings is 1. The second kappa shape index (κ2) is 7.08. The maximum atomic E-state index is 12.4. The number of hydrogen-bond acceptors (Lipinski definition) is 4. The van der Waals surface area contributed by atoms with Crippen LogP contribution in [0.4, 0.5) is 0 Å². The monoisotopic (exact) mass is 340 g/mol. The fourth-order valence-corrected chi connectivity index (χ4v) is 4.21. The predicted molar refractivity (Wildman–Crippen MR) is 98.2 cm³/mol. The Hall–Kier alpha value is -2.01. The summed E-state index contributed by atoms with van der Waals surface area (Å²) in [5.74, 6) is 0.970. The molecule has 0 atom stereocenters. The lowest BCUT2D eigenvalue weighted by molar-refractivity contribution is -0.125. The van der Waals surface area contributed by atoms with Crippen LogP contribution in [0.5, 0.6) is 0 Å². The average molecular weight is 340 g/mol. The van der Waals surface area contributed by atoms with Gasteiger partial charge in [0.1, 0.15) is 5.70 Å². The van der Waals surface area contributed by atoms with Crippen LogP contribution in [0.1, 0.15) is 24.8 Å². The van der Waals surface area contributed by atoms with Crippen molar-refractivity contribution in [2.75, 3.05) is 40.0 Å². The van der Waals surface area contributed by atoms with Crippen LogP contribution in [0.25, 0.3) is 0 Å². The van der Waals surface area contributed by atoms with Gasteiger partial charge in [0.05, 0.1) is 13.3 Å². The van der Waals surface area contributed by atoms with Crippen LogP contribution in [-0.2, 0) is 11.3 Å². The first-order valence-electron chi connectivity index (χ1n) is 9.41. The van der Waals surface area contributed by atoms with Crippen LogP contribution >= 0.6 is 0 Å². The molecule has 2 saturated heterocycles. The number of likely N-dealkylation sites (tertiary alicyclic amines) is 1. The predicted octanol–water partition coefficient (Wildman–Crippen LogP) is 2.13. The minimum Gasteiger partial charge on any atom is -0.361 e. The van der Waals surface area contributed by atoms with E-state index in [2.05, 4.69) is 45.0 Å². The molecule has 134 valence electrons. The molecule has 2 fully saturated rings. The minimum absolute atomic E-state index is 0.214. The fourth-order valence-electron chi connectivity index (χ4n) is 4.21. The van der Waals surface area contributed by atoms with Crippen LogP contribution in [0.3, 0.4) is 0 Å². The summed E-state index contributed by atoms with van der Waals surface area (Å²) in [6.07, 6.45) is 5.63. The lowest BCUT2D eigenvalue weighted by Gasteiger charge is -2.32.